The fourth-order valence-corrected chi connectivity index (χ4v) is 3.71. The van der Waals surface area contributed by atoms with Crippen LogP contribution in [0.3, 0.4) is 0 Å². The van der Waals surface area contributed by atoms with Gasteiger partial charge in [-0.1, -0.05) is 66.7 Å². The van der Waals surface area contributed by atoms with Crippen LogP contribution in [-0.2, 0) is 13.0 Å². The molecule has 0 bridgehead atoms. The van der Waals surface area contributed by atoms with Crippen molar-refractivity contribution in [1.29, 1.82) is 0 Å². The van der Waals surface area contributed by atoms with Gasteiger partial charge in [0.15, 0.2) is 0 Å². The van der Waals surface area contributed by atoms with Crippen LogP contribution in [0.25, 0.3) is 10.9 Å². The lowest BCUT2D eigenvalue weighted by Gasteiger charge is -2.13. The van der Waals surface area contributed by atoms with E-state index in [0.717, 1.165) is 72.4 Å². The molecular formula is C29H35N5O. The third kappa shape index (κ3) is 8.28. The number of fused-ring (bicyclic) bond motifs is 1. The lowest BCUT2D eigenvalue weighted by molar-refractivity contribution is 0.112. The molecule has 0 radical (unpaired) electrons. The highest BCUT2D eigenvalue weighted by molar-refractivity contribution is 5.88. The fourth-order valence-electron chi connectivity index (χ4n) is 3.71. The Labute approximate surface area is 208 Å². The monoisotopic (exact) mass is 469 g/mol. The first kappa shape index (κ1) is 26.0. The van der Waals surface area contributed by atoms with Gasteiger partial charge in [-0.05, 0) is 63.8 Å². The van der Waals surface area contributed by atoms with Crippen LogP contribution in [0.5, 0.6) is 0 Å². The van der Waals surface area contributed by atoms with Crippen LogP contribution in [0.2, 0.25) is 0 Å². The Hall–Kier alpha value is -3.61. The Morgan fingerprint density at radius 2 is 1.57 bits per heavy atom. The second-order valence-corrected chi connectivity index (χ2v) is 8.61. The molecule has 3 aromatic carbocycles. The van der Waals surface area contributed by atoms with Crippen molar-refractivity contribution in [2.45, 2.75) is 19.4 Å². The van der Waals surface area contributed by atoms with Crippen molar-refractivity contribution in [2.24, 2.45) is 0 Å². The summed E-state index contributed by atoms with van der Waals surface area (Å²) in [6.45, 7) is 2.65. The van der Waals surface area contributed by atoms with Crippen LogP contribution in [0.4, 0.5) is 5.82 Å². The van der Waals surface area contributed by atoms with Crippen molar-refractivity contribution in [2.75, 3.05) is 39.5 Å². The molecule has 0 aliphatic rings. The van der Waals surface area contributed by atoms with E-state index in [4.69, 9.17) is 0 Å². The molecule has 0 unspecified atom stereocenters. The van der Waals surface area contributed by atoms with Crippen LogP contribution in [0.15, 0.2) is 78.9 Å². The molecule has 6 nitrogen and oxygen atoms in total. The van der Waals surface area contributed by atoms with E-state index < -0.39 is 0 Å². The first-order valence-corrected chi connectivity index (χ1v) is 12.0. The van der Waals surface area contributed by atoms with Gasteiger partial charge < -0.3 is 15.5 Å². The summed E-state index contributed by atoms with van der Waals surface area (Å²) in [4.78, 5) is 22.2. The maximum atomic E-state index is 10.8. The summed E-state index contributed by atoms with van der Waals surface area (Å²) in [7, 11) is 6.02. The molecule has 0 amide bonds. The average Bonchev–Trinajstić information content (AvgIpc) is 2.87. The molecule has 182 valence electrons. The number of hydrogen-bond acceptors (Lipinski definition) is 6. The van der Waals surface area contributed by atoms with Gasteiger partial charge in [0.2, 0.25) is 0 Å². The van der Waals surface area contributed by atoms with E-state index in [9.17, 15) is 4.79 Å². The molecule has 2 N–H and O–H groups in total. The highest BCUT2D eigenvalue weighted by Gasteiger charge is 2.07. The van der Waals surface area contributed by atoms with Gasteiger partial charge in [0, 0.05) is 17.5 Å². The third-order valence-electron chi connectivity index (χ3n) is 5.42. The Kier molecular flexibility index (Phi) is 10.4. The molecule has 0 atom stereocenters. The van der Waals surface area contributed by atoms with Crippen molar-refractivity contribution in [1.82, 2.24) is 20.2 Å². The minimum atomic E-state index is 0.746. The van der Waals surface area contributed by atoms with E-state index in [2.05, 4.69) is 43.7 Å². The molecule has 6 heteroatoms. The number of nitrogens with zero attached hydrogens (tertiary/aromatic N) is 3. The summed E-state index contributed by atoms with van der Waals surface area (Å²) in [5.74, 6) is 1.79. The molecule has 0 aliphatic heterocycles. The second-order valence-electron chi connectivity index (χ2n) is 8.61. The first-order chi connectivity index (χ1) is 17.1. The summed E-state index contributed by atoms with van der Waals surface area (Å²) in [6.07, 6.45) is 2.80. The van der Waals surface area contributed by atoms with Crippen LogP contribution < -0.4 is 10.6 Å². The Morgan fingerprint density at radius 1 is 0.857 bits per heavy atom. The number of benzene rings is 3. The molecular weight excluding hydrogens is 434 g/mol. The second kappa shape index (κ2) is 13.9. The highest BCUT2D eigenvalue weighted by Crippen LogP contribution is 2.20. The fraction of sp³-hybridized carbons (Fsp3) is 0.276. The van der Waals surface area contributed by atoms with Crippen molar-refractivity contribution < 1.29 is 4.79 Å². The van der Waals surface area contributed by atoms with Crippen LogP contribution in [-0.4, -0.2) is 55.4 Å². The zero-order valence-corrected chi connectivity index (χ0v) is 20.9. The predicted molar refractivity (Wildman–Crippen MR) is 145 cm³/mol. The summed E-state index contributed by atoms with van der Waals surface area (Å²) >= 11 is 0. The molecule has 4 rings (SSSR count). The highest BCUT2D eigenvalue weighted by atomic mass is 16.1. The lowest BCUT2D eigenvalue weighted by Crippen LogP contribution is -2.16. The van der Waals surface area contributed by atoms with Gasteiger partial charge in [-0.2, -0.15) is 0 Å². The van der Waals surface area contributed by atoms with Crippen LogP contribution >= 0.6 is 0 Å². The van der Waals surface area contributed by atoms with Gasteiger partial charge in [0.1, 0.15) is 17.9 Å². The van der Waals surface area contributed by atoms with Crippen molar-refractivity contribution in [3.05, 3.63) is 101 Å². The van der Waals surface area contributed by atoms with Gasteiger partial charge >= 0.3 is 0 Å². The standard InChI is InChI=1S/C15H23N5.C14H12O/c1-16-9-6-10-17-15-12-7-4-5-8-13(12)18-14(19-15)11-20(2)3;15-11-14-9-5-4-8-13(14)10-12-6-2-1-3-7-12/h4-5,7-8,16H,6,9-11H2,1-3H3,(H,17,18,19);1-9,11H,10H2. The number of aldehydes is 1. The predicted octanol–water partition coefficient (Wildman–Crippen LogP) is 4.80. The Balaban J connectivity index is 0.000000203. The number of nitrogens with one attached hydrogen (secondary N) is 2. The van der Waals surface area contributed by atoms with E-state index in [0.29, 0.717) is 0 Å². The molecule has 0 saturated heterocycles. The van der Waals surface area contributed by atoms with Crippen molar-refractivity contribution in [3.63, 3.8) is 0 Å². The molecule has 0 spiro atoms. The van der Waals surface area contributed by atoms with Crippen LogP contribution in [0, 0.1) is 0 Å². The average molecular weight is 470 g/mol. The third-order valence-corrected chi connectivity index (χ3v) is 5.42. The minimum absolute atomic E-state index is 0.746. The number of para-hydroxylation sites is 1. The number of aromatic nitrogens is 2. The van der Waals surface area contributed by atoms with Gasteiger partial charge in [-0.3, -0.25) is 4.79 Å². The Bertz CT molecular complexity index is 1190. The summed E-state index contributed by atoms with van der Waals surface area (Å²) < 4.78 is 0. The number of rotatable bonds is 10. The van der Waals surface area contributed by atoms with Crippen molar-refractivity contribution in [3.8, 4) is 0 Å². The summed E-state index contributed by atoms with van der Waals surface area (Å²) in [5, 5.41) is 7.66. The van der Waals surface area contributed by atoms with E-state index in [1.165, 1.54) is 5.56 Å². The van der Waals surface area contributed by atoms with Gasteiger partial charge in [-0.25, -0.2) is 9.97 Å². The molecule has 0 fully saturated rings. The van der Waals surface area contributed by atoms with Crippen LogP contribution in [0.1, 0.15) is 33.7 Å². The number of carbonyl (C=O) groups excluding carboxylic acids is 1. The smallest absolute Gasteiger partial charge is 0.150 e. The van der Waals surface area contributed by atoms with E-state index in [1.807, 2.05) is 81.8 Å². The zero-order chi connectivity index (χ0) is 24.9. The largest absolute Gasteiger partial charge is 0.369 e. The van der Waals surface area contributed by atoms with E-state index >= 15 is 0 Å². The normalized spacial score (nSPS) is 10.6. The molecule has 0 aliphatic carbocycles. The van der Waals surface area contributed by atoms with Gasteiger partial charge in [0.25, 0.3) is 0 Å². The van der Waals surface area contributed by atoms with Crippen molar-refractivity contribution >= 4 is 23.0 Å². The minimum Gasteiger partial charge on any atom is -0.369 e. The number of carbonyl (C=O) groups is 1. The number of anilines is 1. The quantitative estimate of drug-likeness (QED) is 0.257. The number of hydrogen-bond donors (Lipinski definition) is 2. The first-order valence-electron chi connectivity index (χ1n) is 12.0. The molecule has 35 heavy (non-hydrogen) atoms. The summed E-state index contributed by atoms with van der Waals surface area (Å²) in [5.41, 5.74) is 4.09. The maximum Gasteiger partial charge on any atom is 0.150 e. The molecule has 1 aromatic heterocycles. The SMILES string of the molecule is CNCCCNc1nc(CN(C)C)nc2ccccc12.O=Cc1ccccc1Cc1ccccc1. The van der Waals surface area contributed by atoms with Gasteiger partial charge in [0.05, 0.1) is 12.1 Å². The maximum absolute atomic E-state index is 10.8. The lowest BCUT2D eigenvalue weighted by atomic mass is 10.0. The molecule has 0 saturated carbocycles. The summed E-state index contributed by atoms with van der Waals surface area (Å²) in [6, 6.07) is 26.0. The zero-order valence-electron chi connectivity index (χ0n) is 20.9. The van der Waals surface area contributed by atoms with Gasteiger partial charge in [-0.15, -0.1) is 0 Å². The van der Waals surface area contributed by atoms with E-state index in [-0.39, 0.29) is 0 Å². The molecule has 4 aromatic rings. The Morgan fingerprint density at radius 3 is 2.31 bits per heavy atom. The van der Waals surface area contributed by atoms with E-state index in [1.54, 1.807) is 0 Å². The topological polar surface area (TPSA) is 70.2 Å². The molecule has 1 heterocycles.